The number of carbonyl (C=O) groups is 1. The van der Waals surface area contributed by atoms with E-state index < -0.39 is 0 Å². The number of hydrogen-bond donors (Lipinski definition) is 1. The molecule has 0 aliphatic carbocycles. The zero-order valence-corrected chi connectivity index (χ0v) is 18.0. The Hall–Kier alpha value is -3.21. The van der Waals surface area contributed by atoms with E-state index in [0.29, 0.717) is 17.2 Å². The van der Waals surface area contributed by atoms with Crippen molar-refractivity contribution in [1.82, 2.24) is 0 Å². The monoisotopic (exact) mass is 393 g/mol. The second kappa shape index (κ2) is 8.03. The summed E-state index contributed by atoms with van der Waals surface area (Å²) in [6.45, 7) is 9.82. The molecule has 1 N–H and O–H groups in total. The lowest BCUT2D eigenvalue weighted by molar-refractivity contribution is -0.111. The van der Waals surface area contributed by atoms with Crippen LogP contribution in [-0.4, -0.2) is 20.1 Å². The first-order chi connectivity index (χ1) is 13.8. The summed E-state index contributed by atoms with van der Waals surface area (Å²) in [7, 11) is 3.21. The van der Waals surface area contributed by atoms with Crippen LogP contribution in [0.25, 0.3) is 16.5 Å². The molecule has 0 aliphatic heterocycles. The summed E-state index contributed by atoms with van der Waals surface area (Å²) in [6.07, 6.45) is 1.58. The molecule has 1 aromatic heterocycles. The van der Waals surface area contributed by atoms with Gasteiger partial charge in [0.2, 0.25) is 5.91 Å². The van der Waals surface area contributed by atoms with Crippen molar-refractivity contribution < 1.29 is 18.7 Å². The molecular weight excluding hydrogens is 366 g/mol. The third-order valence-electron chi connectivity index (χ3n) is 5.24. The summed E-state index contributed by atoms with van der Waals surface area (Å²) in [4.78, 5) is 12.7. The maximum Gasteiger partial charge on any atom is 0.248 e. The minimum Gasteiger partial charge on any atom is -0.496 e. The summed E-state index contributed by atoms with van der Waals surface area (Å²) in [5, 5.41) is 3.94. The first-order valence-electron chi connectivity index (χ1n) is 9.48. The van der Waals surface area contributed by atoms with Crippen molar-refractivity contribution in [1.29, 1.82) is 0 Å². The van der Waals surface area contributed by atoms with Gasteiger partial charge in [-0.05, 0) is 69.5 Å². The van der Waals surface area contributed by atoms with Crippen molar-refractivity contribution in [3.8, 4) is 11.5 Å². The number of amides is 1. The summed E-state index contributed by atoms with van der Waals surface area (Å²) in [5.41, 5.74) is 6.18. The van der Waals surface area contributed by atoms with Gasteiger partial charge in [0.1, 0.15) is 22.8 Å². The van der Waals surface area contributed by atoms with Gasteiger partial charge in [-0.1, -0.05) is 6.07 Å². The molecule has 0 saturated heterocycles. The lowest BCUT2D eigenvalue weighted by Crippen LogP contribution is -2.10. The van der Waals surface area contributed by atoms with Crippen LogP contribution in [0.15, 0.2) is 34.8 Å². The van der Waals surface area contributed by atoms with Gasteiger partial charge < -0.3 is 19.2 Å². The highest BCUT2D eigenvalue weighted by Gasteiger charge is 2.18. The van der Waals surface area contributed by atoms with Crippen LogP contribution in [-0.2, 0) is 4.79 Å². The molecule has 0 aliphatic rings. The van der Waals surface area contributed by atoms with E-state index >= 15 is 0 Å². The van der Waals surface area contributed by atoms with E-state index in [-0.39, 0.29) is 5.91 Å². The average molecular weight is 393 g/mol. The lowest BCUT2D eigenvalue weighted by atomic mass is 9.98. The molecule has 5 heteroatoms. The van der Waals surface area contributed by atoms with Crippen molar-refractivity contribution in [3.63, 3.8) is 0 Å². The van der Waals surface area contributed by atoms with Crippen LogP contribution in [0.2, 0.25) is 0 Å². The fraction of sp³-hybridized carbons (Fsp3) is 0.292. The molecule has 0 radical (unpaired) electrons. The van der Waals surface area contributed by atoms with E-state index in [1.54, 1.807) is 20.3 Å². The standard InChI is InChI=1S/C24H27NO4/c1-13-8-9-21(27-6)20(10-13)25-22(26)11-14(2)18-12-19-15(3)17(5)29-24(19)16(4)23(18)28-7/h8-12H,1-7H3,(H,25,26)/b14-11+. The molecule has 3 rings (SSSR count). The number of benzene rings is 2. The summed E-state index contributed by atoms with van der Waals surface area (Å²) >= 11 is 0. The molecule has 0 unspecified atom stereocenters. The fourth-order valence-electron chi connectivity index (χ4n) is 3.53. The third kappa shape index (κ3) is 3.86. The number of fused-ring (bicyclic) bond motifs is 1. The Balaban J connectivity index is 2.01. The van der Waals surface area contributed by atoms with Crippen LogP contribution in [0.5, 0.6) is 11.5 Å². The quantitative estimate of drug-likeness (QED) is 0.563. The molecule has 5 nitrogen and oxygen atoms in total. The van der Waals surface area contributed by atoms with E-state index in [4.69, 9.17) is 13.9 Å². The second-order valence-corrected chi connectivity index (χ2v) is 7.26. The summed E-state index contributed by atoms with van der Waals surface area (Å²) in [5.74, 6) is 1.98. The first-order valence-corrected chi connectivity index (χ1v) is 9.48. The molecule has 1 heterocycles. The van der Waals surface area contributed by atoms with E-state index in [0.717, 1.165) is 44.6 Å². The first kappa shape index (κ1) is 20.5. The highest BCUT2D eigenvalue weighted by molar-refractivity contribution is 6.05. The molecule has 0 fully saturated rings. The number of furan rings is 1. The zero-order valence-electron chi connectivity index (χ0n) is 18.0. The molecule has 0 atom stereocenters. The van der Waals surface area contributed by atoms with Gasteiger partial charge in [0.25, 0.3) is 0 Å². The van der Waals surface area contributed by atoms with Crippen LogP contribution < -0.4 is 14.8 Å². The molecule has 0 saturated carbocycles. The maximum absolute atomic E-state index is 12.7. The molecule has 2 aromatic carbocycles. The normalized spacial score (nSPS) is 11.6. The molecule has 0 spiro atoms. The predicted octanol–water partition coefficient (Wildman–Crippen LogP) is 5.73. The lowest BCUT2D eigenvalue weighted by Gasteiger charge is -2.13. The molecule has 0 bridgehead atoms. The Kier molecular flexibility index (Phi) is 5.69. The van der Waals surface area contributed by atoms with Crippen molar-refractivity contribution >= 4 is 28.1 Å². The van der Waals surface area contributed by atoms with Gasteiger partial charge in [-0.15, -0.1) is 0 Å². The summed E-state index contributed by atoms with van der Waals surface area (Å²) in [6, 6.07) is 7.69. The van der Waals surface area contributed by atoms with Crippen molar-refractivity contribution in [2.45, 2.75) is 34.6 Å². The van der Waals surface area contributed by atoms with E-state index in [1.807, 2.05) is 58.9 Å². The van der Waals surface area contributed by atoms with Gasteiger partial charge in [0, 0.05) is 22.6 Å². The minimum atomic E-state index is -0.230. The number of anilines is 1. The van der Waals surface area contributed by atoms with Crippen molar-refractivity contribution in [2.75, 3.05) is 19.5 Å². The van der Waals surface area contributed by atoms with Crippen LogP contribution in [0.3, 0.4) is 0 Å². The van der Waals surface area contributed by atoms with Crippen molar-refractivity contribution in [3.05, 3.63) is 58.4 Å². The van der Waals surface area contributed by atoms with Gasteiger partial charge in [-0.3, -0.25) is 4.79 Å². The van der Waals surface area contributed by atoms with E-state index in [9.17, 15) is 4.79 Å². The SMILES string of the molecule is COc1ccc(C)cc1NC(=O)/C=C(\C)c1cc2c(C)c(C)oc2c(C)c1OC. The molecule has 152 valence electrons. The number of ether oxygens (including phenoxy) is 2. The average Bonchev–Trinajstić information content (AvgIpc) is 2.96. The minimum absolute atomic E-state index is 0.230. The second-order valence-electron chi connectivity index (χ2n) is 7.26. The van der Waals surface area contributed by atoms with Crippen molar-refractivity contribution in [2.24, 2.45) is 0 Å². The number of rotatable bonds is 5. The number of nitrogens with one attached hydrogen (secondary N) is 1. The highest BCUT2D eigenvalue weighted by atomic mass is 16.5. The van der Waals surface area contributed by atoms with Gasteiger partial charge in [0.15, 0.2) is 0 Å². The number of aryl methyl sites for hydroxylation is 4. The van der Waals surface area contributed by atoms with Crippen LogP contribution in [0.4, 0.5) is 5.69 Å². The van der Waals surface area contributed by atoms with Gasteiger partial charge >= 0.3 is 0 Å². The van der Waals surface area contributed by atoms with Gasteiger partial charge in [-0.2, -0.15) is 0 Å². The Morgan fingerprint density at radius 2 is 1.76 bits per heavy atom. The van der Waals surface area contributed by atoms with E-state index in [1.165, 1.54) is 0 Å². The largest absolute Gasteiger partial charge is 0.496 e. The number of hydrogen-bond acceptors (Lipinski definition) is 4. The third-order valence-corrected chi connectivity index (χ3v) is 5.24. The van der Waals surface area contributed by atoms with Crippen LogP contribution in [0.1, 0.15) is 34.9 Å². The van der Waals surface area contributed by atoms with Gasteiger partial charge in [-0.25, -0.2) is 0 Å². The maximum atomic E-state index is 12.7. The smallest absolute Gasteiger partial charge is 0.248 e. The molecule has 29 heavy (non-hydrogen) atoms. The summed E-state index contributed by atoms with van der Waals surface area (Å²) < 4.78 is 16.9. The van der Waals surface area contributed by atoms with Crippen LogP contribution >= 0.6 is 0 Å². The molecular formula is C24H27NO4. The fourth-order valence-corrected chi connectivity index (χ4v) is 3.53. The Bertz CT molecular complexity index is 1120. The van der Waals surface area contributed by atoms with Crippen LogP contribution in [0, 0.1) is 27.7 Å². The zero-order chi connectivity index (χ0) is 21.3. The Morgan fingerprint density at radius 3 is 2.41 bits per heavy atom. The topological polar surface area (TPSA) is 60.7 Å². The number of methoxy groups -OCH3 is 2. The molecule has 3 aromatic rings. The number of carbonyl (C=O) groups excluding carboxylic acids is 1. The van der Waals surface area contributed by atoms with Gasteiger partial charge in [0.05, 0.1) is 19.9 Å². The Labute approximate surface area is 171 Å². The Morgan fingerprint density at radius 1 is 1.03 bits per heavy atom. The highest BCUT2D eigenvalue weighted by Crippen LogP contribution is 2.38. The predicted molar refractivity (Wildman–Crippen MR) is 117 cm³/mol. The number of allylic oxidation sites excluding steroid dienone is 1. The molecule has 1 amide bonds. The van der Waals surface area contributed by atoms with E-state index in [2.05, 4.69) is 5.32 Å².